The molecule has 1 aromatic heterocycles. The summed E-state index contributed by atoms with van der Waals surface area (Å²) >= 11 is 6.08. The third-order valence-corrected chi connectivity index (χ3v) is 3.27. The molecule has 18 heavy (non-hydrogen) atoms. The average molecular weight is 271 g/mol. The summed E-state index contributed by atoms with van der Waals surface area (Å²) in [5.41, 5.74) is 1.16. The molecule has 2 aromatic rings. The van der Waals surface area contributed by atoms with E-state index >= 15 is 0 Å². The largest absolute Gasteiger partial charge is 0.268 e. The van der Waals surface area contributed by atoms with E-state index in [2.05, 4.69) is 5.10 Å². The summed E-state index contributed by atoms with van der Waals surface area (Å²) in [4.78, 5) is 0. The molecular weight excluding hydrogens is 258 g/mol. The van der Waals surface area contributed by atoms with Gasteiger partial charge in [0, 0.05) is 17.3 Å². The molecule has 0 fully saturated rings. The van der Waals surface area contributed by atoms with Crippen LogP contribution in [-0.4, -0.2) is 9.78 Å². The molecule has 0 saturated heterocycles. The van der Waals surface area contributed by atoms with Gasteiger partial charge in [0.15, 0.2) is 0 Å². The Labute approximate surface area is 109 Å². The van der Waals surface area contributed by atoms with Crippen molar-refractivity contribution in [1.29, 1.82) is 0 Å². The first-order valence-corrected chi connectivity index (χ1v) is 6.14. The molecule has 1 atom stereocenters. The molecule has 2 nitrogen and oxygen atoms in total. The van der Waals surface area contributed by atoms with Gasteiger partial charge >= 0.3 is 0 Å². The van der Waals surface area contributed by atoms with Gasteiger partial charge in [-0.3, -0.25) is 4.68 Å². The average Bonchev–Trinajstić information content (AvgIpc) is 2.81. The Morgan fingerprint density at radius 1 is 1.39 bits per heavy atom. The molecule has 1 unspecified atom stereocenters. The van der Waals surface area contributed by atoms with Crippen LogP contribution in [0.2, 0.25) is 0 Å². The predicted octanol–water partition coefficient (Wildman–Crippen LogP) is 3.90. The van der Waals surface area contributed by atoms with Gasteiger partial charge < -0.3 is 0 Å². The maximum Gasteiger partial charge on any atom is 0.128 e. The van der Waals surface area contributed by atoms with E-state index in [0.717, 1.165) is 24.1 Å². The zero-order chi connectivity index (χ0) is 13.1. The molecule has 1 aromatic carbocycles. The van der Waals surface area contributed by atoms with E-state index in [1.165, 1.54) is 6.07 Å². The number of alkyl halides is 1. The molecular formula is C13H13ClF2N2. The van der Waals surface area contributed by atoms with Crippen LogP contribution in [0.5, 0.6) is 0 Å². The molecule has 0 N–H and O–H groups in total. The highest BCUT2D eigenvalue weighted by Crippen LogP contribution is 2.23. The highest BCUT2D eigenvalue weighted by atomic mass is 35.5. The van der Waals surface area contributed by atoms with Crippen molar-refractivity contribution in [3.63, 3.8) is 0 Å². The molecule has 5 heteroatoms. The molecule has 0 amide bonds. The van der Waals surface area contributed by atoms with Gasteiger partial charge in [-0.2, -0.15) is 5.10 Å². The van der Waals surface area contributed by atoms with Crippen molar-refractivity contribution in [3.05, 3.63) is 53.4 Å². The summed E-state index contributed by atoms with van der Waals surface area (Å²) < 4.78 is 28.0. The van der Waals surface area contributed by atoms with Crippen molar-refractivity contribution in [2.45, 2.75) is 25.3 Å². The van der Waals surface area contributed by atoms with Crippen LogP contribution in [0.1, 0.15) is 29.8 Å². The number of aromatic nitrogens is 2. The highest BCUT2D eigenvalue weighted by molar-refractivity contribution is 6.20. The Balaban J connectivity index is 2.18. The van der Waals surface area contributed by atoms with E-state index in [1.807, 2.05) is 6.92 Å². The molecule has 0 saturated carbocycles. The lowest BCUT2D eigenvalue weighted by Gasteiger charge is -2.04. The minimum Gasteiger partial charge on any atom is -0.268 e. The van der Waals surface area contributed by atoms with Gasteiger partial charge in [-0.05, 0) is 24.6 Å². The Kier molecular flexibility index (Phi) is 3.97. The second-order valence-electron chi connectivity index (χ2n) is 4.08. The van der Waals surface area contributed by atoms with Crippen molar-refractivity contribution >= 4 is 11.6 Å². The fourth-order valence-corrected chi connectivity index (χ4v) is 1.82. The Bertz CT molecular complexity index is 540. The number of benzene rings is 1. The van der Waals surface area contributed by atoms with Crippen LogP contribution in [0, 0.1) is 11.6 Å². The molecule has 0 bridgehead atoms. The van der Waals surface area contributed by atoms with E-state index in [-0.39, 0.29) is 17.5 Å². The summed E-state index contributed by atoms with van der Waals surface area (Å²) in [5.74, 6) is -0.895. The van der Waals surface area contributed by atoms with Gasteiger partial charge in [0.05, 0.1) is 18.1 Å². The van der Waals surface area contributed by atoms with Crippen LogP contribution in [0.4, 0.5) is 8.78 Å². The molecule has 0 aliphatic carbocycles. The number of hydrogen-bond donors (Lipinski definition) is 0. The van der Waals surface area contributed by atoms with Gasteiger partial charge in [0.2, 0.25) is 0 Å². The monoisotopic (exact) mass is 270 g/mol. The normalized spacial score (nSPS) is 12.7. The van der Waals surface area contributed by atoms with Crippen molar-refractivity contribution in [3.8, 4) is 0 Å². The van der Waals surface area contributed by atoms with Crippen LogP contribution >= 0.6 is 11.6 Å². The molecule has 96 valence electrons. The van der Waals surface area contributed by atoms with Gasteiger partial charge in [-0.1, -0.05) is 6.92 Å². The standard InChI is InChI=1S/C13H13ClF2N2/c1-2-12(14)10-6-17-18(8-10)7-9-5-11(15)3-4-13(9)16/h3-6,8,12H,2,7H2,1H3. The summed E-state index contributed by atoms with van der Waals surface area (Å²) in [6.07, 6.45) is 4.20. The predicted molar refractivity (Wildman–Crippen MR) is 66.6 cm³/mol. The number of rotatable bonds is 4. The first kappa shape index (κ1) is 13.0. The third-order valence-electron chi connectivity index (χ3n) is 2.71. The molecule has 0 radical (unpaired) electrons. The van der Waals surface area contributed by atoms with E-state index in [1.54, 1.807) is 17.1 Å². The van der Waals surface area contributed by atoms with E-state index in [9.17, 15) is 8.78 Å². The summed E-state index contributed by atoms with van der Waals surface area (Å²) in [6, 6.07) is 3.39. The molecule has 2 rings (SSSR count). The second-order valence-corrected chi connectivity index (χ2v) is 4.61. The third kappa shape index (κ3) is 2.88. The Hall–Kier alpha value is -1.42. The zero-order valence-corrected chi connectivity index (χ0v) is 10.7. The second kappa shape index (κ2) is 5.48. The van der Waals surface area contributed by atoms with Gasteiger partial charge in [-0.25, -0.2) is 8.78 Å². The topological polar surface area (TPSA) is 17.8 Å². The summed E-state index contributed by atoms with van der Waals surface area (Å²) in [5, 5.41) is 3.99. The van der Waals surface area contributed by atoms with Crippen LogP contribution in [0.25, 0.3) is 0 Å². The fourth-order valence-electron chi connectivity index (χ4n) is 1.70. The Morgan fingerprint density at radius 3 is 2.89 bits per heavy atom. The van der Waals surface area contributed by atoms with Gasteiger partial charge in [0.25, 0.3) is 0 Å². The quantitative estimate of drug-likeness (QED) is 0.771. The highest BCUT2D eigenvalue weighted by Gasteiger charge is 2.10. The molecule has 0 spiro atoms. The van der Waals surface area contributed by atoms with Crippen molar-refractivity contribution in [1.82, 2.24) is 9.78 Å². The molecule has 0 aliphatic heterocycles. The van der Waals surface area contributed by atoms with E-state index < -0.39 is 11.6 Å². The zero-order valence-electron chi connectivity index (χ0n) is 9.91. The van der Waals surface area contributed by atoms with Gasteiger partial charge in [0.1, 0.15) is 11.6 Å². The lowest BCUT2D eigenvalue weighted by atomic mass is 10.2. The number of nitrogens with zero attached hydrogens (tertiary/aromatic N) is 2. The van der Waals surface area contributed by atoms with Crippen LogP contribution in [-0.2, 0) is 6.54 Å². The lowest BCUT2D eigenvalue weighted by Crippen LogP contribution is -2.02. The minimum absolute atomic E-state index is 0.101. The maximum atomic E-state index is 13.5. The first-order chi connectivity index (χ1) is 8.60. The minimum atomic E-state index is -0.456. The SMILES string of the molecule is CCC(Cl)c1cnn(Cc2cc(F)ccc2F)c1. The Morgan fingerprint density at radius 2 is 2.17 bits per heavy atom. The van der Waals surface area contributed by atoms with Crippen LogP contribution in [0.3, 0.4) is 0 Å². The molecule has 0 aliphatic rings. The summed E-state index contributed by atoms with van der Waals surface area (Å²) in [7, 11) is 0. The van der Waals surface area contributed by atoms with Crippen molar-refractivity contribution in [2.24, 2.45) is 0 Å². The van der Waals surface area contributed by atoms with E-state index in [4.69, 9.17) is 11.6 Å². The number of halogens is 3. The first-order valence-electron chi connectivity index (χ1n) is 5.70. The lowest BCUT2D eigenvalue weighted by molar-refractivity contribution is 0.566. The molecule has 1 heterocycles. The smallest absolute Gasteiger partial charge is 0.128 e. The van der Waals surface area contributed by atoms with Crippen molar-refractivity contribution < 1.29 is 8.78 Å². The van der Waals surface area contributed by atoms with Crippen LogP contribution in [0.15, 0.2) is 30.6 Å². The van der Waals surface area contributed by atoms with E-state index in [0.29, 0.717) is 0 Å². The van der Waals surface area contributed by atoms with Gasteiger partial charge in [-0.15, -0.1) is 11.6 Å². The maximum absolute atomic E-state index is 13.5. The van der Waals surface area contributed by atoms with Crippen molar-refractivity contribution in [2.75, 3.05) is 0 Å². The summed E-state index contributed by atoms with van der Waals surface area (Å²) in [6.45, 7) is 2.16. The fraction of sp³-hybridized carbons (Fsp3) is 0.308. The van der Waals surface area contributed by atoms with Crippen LogP contribution < -0.4 is 0 Å². The number of hydrogen-bond acceptors (Lipinski definition) is 1.